The van der Waals surface area contributed by atoms with Gasteiger partial charge in [0.05, 0.1) is 6.61 Å². The smallest absolute Gasteiger partial charge is 0.328 e. The van der Waals surface area contributed by atoms with E-state index in [1.54, 1.807) is 26.0 Å². The summed E-state index contributed by atoms with van der Waals surface area (Å²) < 4.78 is 5.86. The summed E-state index contributed by atoms with van der Waals surface area (Å²) in [5.41, 5.74) is 0.529. The van der Waals surface area contributed by atoms with Crippen LogP contribution in [0.5, 0.6) is 0 Å². The van der Waals surface area contributed by atoms with Gasteiger partial charge in [0.15, 0.2) is 0 Å². The first-order valence-corrected chi connectivity index (χ1v) is 6.35. The lowest BCUT2D eigenvalue weighted by molar-refractivity contribution is -0.144. The second-order valence-electron chi connectivity index (χ2n) is 3.45. The molecule has 1 aromatic carbocycles. The molecule has 1 aromatic rings. The van der Waals surface area contributed by atoms with Gasteiger partial charge in [0, 0.05) is 9.13 Å². The molecule has 17 heavy (non-hydrogen) atoms. The molecule has 0 saturated heterocycles. The Labute approximate surface area is 114 Å². The zero-order valence-electron chi connectivity index (χ0n) is 9.70. The molecule has 0 aliphatic carbocycles. The number of amides is 1. The zero-order valence-corrected chi connectivity index (χ0v) is 11.9. The fraction of sp³-hybridized carbons (Fsp3) is 0.333. The molecule has 5 heteroatoms. The summed E-state index contributed by atoms with van der Waals surface area (Å²) in [5.74, 6) is -0.701. The molecule has 4 nitrogen and oxygen atoms in total. The molecule has 1 N–H and O–H groups in total. The number of carbonyl (C=O) groups is 2. The Bertz CT molecular complexity index is 403. The maximum absolute atomic E-state index is 11.8. The molecule has 0 spiro atoms. The summed E-state index contributed by atoms with van der Waals surface area (Å²) in [6.07, 6.45) is 0. The quantitative estimate of drug-likeness (QED) is 0.669. The Morgan fingerprint density at radius 1 is 1.35 bits per heavy atom. The summed E-state index contributed by atoms with van der Waals surface area (Å²) in [6.45, 7) is 3.64. The van der Waals surface area contributed by atoms with Crippen LogP contribution in [0, 0.1) is 3.57 Å². The molecule has 1 amide bonds. The van der Waals surface area contributed by atoms with Gasteiger partial charge in [-0.15, -0.1) is 0 Å². The molecule has 0 aromatic heterocycles. The van der Waals surface area contributed by atoms with Crippen LogP contribution in [-0.4, -0.2) is 24.5 Å². The van der Waals surface area contributed by atoms with Gasteiger partial charge < -0.3 is 10.1 Å². The van der Waals surface area contributed by atoms with Crippen molar-refractivity contribution < 1.29 is 14.3 Å². The SMILES string of the molecule is CCOC(=O)[C@H](C)NC(=O)c1ccc(I)cc1. The first kappa shape index (κ1) is 14.0. The van der Waals surface area contributed by atoms with E-state index in [-0.39, 0.29) is 5.91 Å². The van der Waals surface area contributed by atoms with Gasteiger partial charge in [0.1, 0.15) is 6.04 Å². The van der Waals surface area contributed by atoms with Crippen molar-refractivity contribution in [3.05, 3.63) is 33.4 Å². The van der Waals surface area contributed by atoms with Gasteiger partial charge in [-0.25, -0.2) is 4.79 Å². The predicted molar refractivity (Wildman–Crippen MR) is 72.7 cm³/mol. The number of esters is 1. The average molecular weight is 347 g/mol. The first-order chi connectivity index (χ1) is 8.04. The number of nitrogens with one attached hydrogen (secondary N) is 1. The molecule has 0 heterocycles. The van der Waals surface area contributed by atoms with E-state index in [0.29, 0.717) is 12.2 Å². The number of hydrogen-bond donors (Lipinski definition) is 1. The third-order valence-corrected chi connectivity index (χ3v) is 2.81. The van der Waals surface area contributed by atoms with Gasteiger partial charge in [-0.05, 0) is 60.7 Å². The van der Waals surface area contributed by atoms with E-state index in [4.69, 9.17) is 4.74 Å². The van der Waals surface area contributed by atoms with E-state index in [1.165, 1.54) is 0 Å². The minimum absolute atomic E-state index is 0.276. The van der Waals surface area contributed by atoms with Crippen molar-refractivity contribution in [1.82, 2.24) is 5.32 Å². The third kappa shape index (κ3) is 4.33. The predicted octanol–water partition coefficient (Wildman–Crippen LogP) is 1.97. The van der Waals surface area contributed by atoms with E-state index in [1.807, 2.05) is 12.1 Å². The van der Waals surface area contributed by atoms with Crippen LogP contribution in [0.4, 0.5) is 0 Å². The van der Waals surface area contributed by atoms with Crippen LogP contribution in [0.1, 0.15) is 24.2 Å². The lowest BCUT2D eigenvalue weighted by Gasteiger charge is -2.12. The molecular weight excluding hydrogens is 333 g/mol. The maximum atomic E-state index is 11.8. The largest absolute Gasteiger partial charge is 0.464 e. The van der Waals surface area contributed by atoms with E-state index in [9.17, 15) is 9.59 Å². The third-order valence-electron chi connectivity index (χ3n) is 2.09. The maximum Gasteiger partial charge on any atom is 0.328 e. The van der Waals surface area contributed by atoms with Crippen molar-refractivity contribution >= 4 is 34.5 Å². The van der Waals surface area contributed by atoms with Crippen LogP contribution < -0.4 is 5.32 Å². The number of halogens is 1. The number of ether oxygens (including phenoxy) is 1. The molecule has 0 unspecified atom stereocenters. The first-order valence-electron chi connectivity index (χ1n) is 5.27. The Morgan fingerprint density at radius 3 is 2.47 bits per heavy atom. The second kappa shape index (κ2) is 6.58. The number of hydrogen-bond acceptors (Lipinski definition) is 3. The van der Waals surface area contributed by atoms with Gasteiger partial charge in [0.2, 0.25) is 0 Å². The summed E-state index contributed by atoms with van der Waals surface area (Å²) in [5, 5.41) is 2.58. The number of carbonyl (C=O) groups excluding carboxylic acids is 2. The molecule has 0 aliphatic heterocycles. The van der Waals surface area contributed by atoms with E-state index >= 15 is 0 Å². The van der Waals surface area contributed by atoms with Gasteiger partial charge in [0.25, 0.3) is 5.91 Å². The second-order valence-corrected chi connectivity index (χ2v) is 4.70. The molecule has 92 valence electrons. The highest BCUT2D eigenvalue weighted by Crippen LogP contribution is 2.06. The fourth-order valence-electron chi connectivity index (χ4n) is 1.21. The van der Waals surface area contributed by atoms with Gasteiger partial charge in [-0.3, -0.25) is 4.79 Å². The van der Waals surface area contributed by atoms with Crippen molar-refractivity contribution in [2.45, 2.75) is 19.9 Å². The topological polar surface area (TPSA) is 55.4 Å². The van der Waals surface area contributed by atoms with Crippen molar-refractivity contribution in [2.24, 2.45) is 0 Å². The average Bonchev–Trinajstić information content (AvgIpc) is 2.30. The van der Waals surface area contributed by atoms with E-state index in [2.05, 4.69) is 27.9 Å². The number of rotatable bonds is 4. The highest BCUT2D eigenvalue weighted by molar-refractivity contribution is 14.1. The molecule has 0 saturated carbocycles. The van der Waals surface area contributed by atoms with Crippen LogP contribution in [-0.2, 0) is 9.53 Å². The molecule has 0 bridgehead atoms. The van der Waals surface area contributed by atoms with Crippen LogP contribution in [0.25, 0.3) is 0 Å². The minimum Gasteiger partial charge on any atom is -0.464 e. The minimum atomic E-state index is -0.637. The van der Waals surface area contributed by atoms with Crippen LogP contribution in [0.2, 0.25) is 0 Å². The monoisotopic (exact) mass is 347 g/mol. The van der Waals surface area contributed by atoms with Crippen LogP contribution >= 0.6 is 22.6 Å². The number of benzene rings is 1. The summed E-state index contributed by atoms with van der Waals surface area (Å²) in [6, 6.07) is 6.47. The Morgan fingerprint density at radius 2 is 1.94 bits per heavy atom. The molecule has 1 rings (SSSR count). The molecule has 0 radical (unpaired) electrons. The highest BCUT2D eigenvalue weighted by Gasteiger charge is 2.17. The fourth-order valence-corrected chi connectivity index (χ4v) is 1.57. The molecule has 0 aliphatic rings. The Hall–Kier alpha value is -1.11. The summed E-state index contributed by atoms with van der Waals surface area (Å²) >= 11 is 2.16. The van der Waals surface area contributed by atoms with Crippen molar-refractivity contribution in [3.8, 4) is 0 Å². The lowest BCUT2D eigenvalue weighted by atomic mass is 10.2. The highest BCUT2D eigenvalue weighted by atomic mass is 127. The van der Waals surface area contributed by atoms with Gasteiger partial charge >= 0.3 is 5.97 Å². The van der Waals surface area contributed by atoms with E-state index < -0.39 is 12.0 Å². The molecular formula is C12H14INO3. The molecule has 1 atom stereocenters. The summed E-state index contributed by atoms with van der Waals surface area (Å²) in [7, 11) is 0. The molecule has 0 fully saturated rings. The van der Waals surface area contributed by atoms with Gasteiger partial charge in [-0.1, -0.05) is 0 Å². The van der Waals surface area contributed by atoms with Crippen LogP contribution in [0.3, 0.4) is 0 Å². The van der Waals surface area contributed by atoms with E-state index in [0.717, 1.165) is 3.57 Å². The Balaban J connectivity index is 2.60. The summed E-state index contributed by atoms with van der Waals surface area (Å²) in [4.78, 5) is 23.1. The normalized spacial score (nSPS) is 11.7. The van der Waals surface area contributed by atoms with Gasteiger partial charge in [-0.2, -0.15) is 0 Å². The van der Waals surface area contributed by atoms with Crippen LogP contribution in [0.15, 0.2) is 24.3 Å². The van der Waals surface area contributed by atoms with Crippen molar-refractivity contribution in [2.75, 3.05) is 6.61 Å². The lowest BCUT2D eigenvalue weighted by Crippen LogP contribution is -2.39. The zero-order chi connectivity index (χ0) is 12.8. The Kier molecular flexibility index (Phi) is 5.40. The van der Waals surface area contributed by atoms with Crippen molar-refractivity contribution in [1.29, 1.82) is 0 Å². The van der Waals surface area contributed by atoms with Crippen molar-refractivity contribution in [3.63, 3.8) is 0 Å². The standard InChI is InChI=1S/C12H14INO3/c1-3-17-12(16)8(2)14-11(15)9-4-6-10(13)7-5-9/h4-8H,3H2,1-2H3,(H,14,15)/t8-/m0/s1.